The van der Waals surface area contributed by atoms with Crippen LogP contribution in [-0.4, -0.2) is 29.2 Å². The van der Waals surface area contributed by atoms with Crippen LogP contribution in [0.15, 0.2) is 40.6 Å². The number of aromatic nitrogens is 1. The molecular formula is C16H13N3O5. The molecule has 0 aliphatic carbocycles. The Bertz CT molecular complexity index is 843. The molecule has 0 saturated heterocycles. The molecule has 1 aromatic carbocycles. The van der Waals surface area contributed by atoms with E-state index in [1.807, 2.05) is 0 Å². The molecule has 0 atom stereocenters. The van der Waals surface area contributed by atoms with Crippen molar-refractivity contribution in [3.05, 3.63) is 52.9 Å². The lowest BCUT2D eigenvalue weighted by Crippen LogP contribution is -2.15. The van der Waals surface area contributed by atoms with E-state index in [1.54, 1.807) is 13.0 Å². The first-order chi connectivity index (χ1) is 11.5. The van der Waals surface area contributed by atoms with Crippen LogP contribution in [0, 0.1) is 18.3 Å². The van der Waals surface area contributed by atoms with Crippen LogP contribution in [0.25, 0.3) is 5.76 Å². The molecule has 0 unspecified atom stereocenters. The summed E-state index contributed by atoms with van der Waals surface area (Å²) in [5, 5.41) is 25.3. The van der Waals surface area contributed by atoms with Crippen molar-refractivity contribution < 1.29 is 24.0 Å². The number of amides is 1. The lowest BCUT2D eigenvalue weighted by atomic mass is 10.1. The zero-order valence-corrected chi connectivity index (χ0v) is 12.9. The number of aryl methyl sites for hydroxylation is 1. The number of rotatable bonds is 4. The standard InChI is InChI=1S/C16H13N3O5/c1-9-13(8-24-19-9)14(20)12(7-17)15(21)18-11-5-3-10(4-6-11)16(22)23-2/h3-6,8,20H,1-2H3,(H,18,21). The Morgan fingerprint density at radius 1 is 1.33 bits per heavy atom. The lowest BCUT2D eigenvalue weighted by Gasteiger charge is -2.06. The van der Waals surface area contributed by atoms with Gasteiger partial charge in [0, 0.05) is 5.69 Å². The van der Waals surface area contributed by atoms with Crippen LogP contribution in [0.5, 0.6) is 0 Å². The van der Waals surface area contributed by atoms with Gasteiger partial charge in [-0.2, -0.15) is 5.26 Å². The molecule has 2 N–H and O–H groups in total. The molecule has 8 nitrogen and oxygen atoms in total. The van der Waals surface area contributed by atoms with Crippen LogP contribution in [-0.2, 0) is 9.53 Å². The van der Waals surface area contributed by atoms with Gasteiger partial charge in [0.15, 0.2) is 11.3 Å². The minimum absolute atomic E-state index is 0.155. The van der Waals surface area contributed by atoms with Gasteiger partial charge in [0.05, 0.1) is 23.9 Å². The highest BCUT2D eigenvalue weighted by molar-refractivity contribution is 6.11. The Morgan fingerprint density at radius 2 is 2.00 bits per heavy atom. The molecule has 1 aromatic heterocycles. The van der Waals surface area contributed by atoms with Crippen molar-refractivity contribution in [3.63, 3.8) is 0 Å². The lowest BCUT2D eigenvalue weighted by molar-refractivity contribution is -0.112. The zero-order chi connectivity index (χ0) is 17.7. The number of aliphatic hydroxyl groups is 1. The third kappa shape index (κ3) is 3.41. The Kier molecular flexibility index (Phi) is 4.96. The second-order valence-electron chi connectivity index (χ2n) is 4.67. The Labute approximate surface area is 136 Å². The number of esters is 1. The first kappa shape index (κ1) is 16.8. The van der Waals surface area contributed by atoms with Crippen molar-refractivity contribution >= 4 is 23.3 Å². The smallest absolute Gasteiger partial charge is 0.337 e. The highest BCUT2D eigenvalue weighted by Crippen LogP contribution is 2.20. The highest BCUT2D eigenvalue weighted by atomic mass is 16.5. The van der Waals surface area contributed by atoms with Gasteiger partial charge in [-0.3, -0.25) is 4.79 Å². The molecule has 1 heterocycles. The summed E-state index contributed by atoms with van der Waals surface area (Å²) in [6, 6.07) is 7.52. The first-order valence-electron chi connectivity index (χ1n) is 6.72. The normalized spacial score (nSPS) is 11.2. The number of nitriles is 1. The van der Waals surface area contributed by atoms with E-state index in [2.05, 4.69) is 19.7 Å². The van der Waals surface area contributed by atoms with E-state index in [-0.39, 0.29) is 5.56 Å². The summed E-state index contributed by atoms with van der Waals surface area (Å²) in [4.78, 5) is 23.5. The van der Waals surface area contributed by atoms with E-state index < -0.39 is 23.2 Å². The molecule has 24 heavy (non-hydrogen) atoms. The molecule has 122 valence electrons. The molecule has 0 aliphatic rings. The van der Waals surface area contributed by atoms with E-state index in [9.17, 15) is 14.7 Å². The van der Waals surface area contributed by atoms with Crippen molar-refractivity contribution in [1.29, 1.82) is 5.26 Å². The van der Waals surface area contributed by atoms with Crippen molar-refractivity contribution in [2.45, 2.75) is 6.92 Å². The summed E-state index contributed by atoms with van der Waals surface area (Å²) in [6.45, 7) is 1.56. The number of carbonyl (C=O) groups is 2. The van der Waals surface area contributed by atoms with E-state index in [0.29, 0.717) is 16.9 Å². The molecule has 1 amide bonds. The minimum Gasteiger partial charge on any atom is -0.506 e. The fourth-order valence-electron chi connectivity index (χ4n) is 1.87. The SMILES string of the molecule is COC(=O)c1ccc(NC(=O)C(C#N)=C(O)c2conc2C)cc1. The molecule has 0 bridgehead atoms. The second kappa shape index (κ2) is 7.11. The molecule has 0 saturated carbocycles. The van der Waals surface area contributed by atoms with Gasteiger partial charge in [0.1, 0.15) is 12.3 Å². The number of nitrogens with one attached hydrogen (secondary N) is 1. The van der Waals surface area contributed by atoms with Gasteiger partial charge in [-0.1, -0.05) is 5.16 Å². The monoisotopic (exact) mass is 327 g/mol. The summed E-state index contributed by atoms with van der Waals surface area (Å²) >= 11 is 0. The number of aliphatic hydroxyl groups excluding tert-OH is 1. The van der Waals surface area contributed by atoms with Crippen LogP contribution < -0.4 is 5.32 Å². The van der Waals surface area contributed by atoms with Gasteiger partial charge in [0.2, 0.25) is 0 Å². The largest absolute Gasteiger partial charge is 0.506 e. The number of nitrogens with zero attached hydrogens (tertiary/aromatic N) is 2. The number of benzene rings is 1. The van der Waals surface area contributed by atoms with Gasteiger partial charge >= 0.3 is 5.97 Å². The maximum absolute atomic E-state index is 12.2. The summed E-state index contributed by atoms with van der Waals surface area (Å²) in [5.41, 5.74) is 0.668. The fraction of sp³-hybridized carbons (Fsp3) is 0.125. The number of methoxy groups -OCH3 is 1. The van der Waals surface area contributed by atoms with Gasteiger partial charge in [-0.05, 0) is 31.2 Å². The quantitative estimate of drug-likeness (QED) is 0.381. The molecule has 0 aliphatic heterocycles. The molecule has 0 spiro atoms. The van der Waals surface area contributed by atoms with Gasteiger partial charge in [-0.15, -0.1) is 0 Å². The maximum atomic E-state index is 12.2. The predicted octanol–water partition coefficient (Wildman–Crippen LogP) is 2.20. The van der Waals surface area contributed by atoms with Crippen molar-refractivity contribution in [1.82, 2.24) is 5.16 Å². The van der Waals surface area contributed by atoms with Gasteiger partial charge in [-0.25, -0.2) is 4.79 Å². The first-order valence-corrected chi connectivity index (χ1v) is 6.72. The third-order valence-electron chi connectivity index (χ3n) is 3.14. The zero-order valence-electron chi connectivity index (χ0n) is 12.9. The van der Waals surface area contributed by atoms with Crippen molar-refractivity contribution in [2.75, 3.05) is 12.4 Å². The fourth-order valence-corrected chi connectivity index (χ4v) is 1.87. The summed E-state index contributed by atoms with van der Waals surface area (Å²) in [6.07, 6.45) is 1.14. The topological polar surface area (TPSA) is 125 Å². The molecule has 2 rings (SSSR count). The Morgan fingerprint density at radius 3 is 2.50 bits per heavy atom. The number of hydrogen-bond acceptors (Lipinski definition) is 7. The van der Waals surface area contributed by atoms with Gasteiger partial charge < -0.3 is 19.7 Å². The Hall–Kier alpha value is -3.60. The van der Waals surface area contributed by atoms with E-state index >= 15 is 0 Å². The second-order valence-corrected chi connectivity index (χ2v) is 4.67. The van der Waals surface area contributed by atoms with Crippen LogP contribution in [0.3, 0.4) is 0 Å². The van der Waals surface area contributed by atoms with Crippen LogP contribution in [0.4, 0.5) is 5.69 Å². The number of ether oxygens (including phenoxy) is 1. The molecule has 8 heteroatoms. The molecular weight excluding hydrogens is 314 g/mol. The summed E-state index contributed by atoms with van der Waals surface area (Å²) < 4.78 is 9.25. The van der Waals surface area contributed by atoms with Crippen LogP contribution >= 0.6 is 0 Å². The molecule has 2 aromatic rings. The van der Waals surface area contributed by atoms with Gasteiger partial charge in [0.25, 0.3) is 5.91 Å². The molecule has 0 radical (unpaired) electrons. The average molecular weight is 327 g/mol. The summed E-state index contributed by atoms with van der Waals surface area (Å²) in [5.74, 6) is -1.84. The number of anilines is 1. The van der Waals surface area contributed by atoms with Crippen LogP contribution in [0.1, 0.15) is 21.6 Å². The van der Waals surface area contributed by atoms with E-state index in [0.717, 1.165) is 6.26 Å². The Balaban J connectivity index is 2.23. The van der Waals surface area contributed by atoms with Crippen LogP contribution in [0.2, 0.25) is 0 Å². The minimum atomic E-state index is -0.804. The third-order valence-corrected chi connectivity index (χ3v) is 3.14. The highest BCUT2D eigenvalue weighted by Gasteiger charge is 2.20. The molecule has 0 fully saturated rings. The predicted molar refractivity (Wildman–Crippen MR) is 82.8 cm³/mol. The van der Waals surface area contributed by atoms with E-state index in [1.165, 1.54) is 31.4 Å². The average Bonchev–Trinajstić information content (AvgIpc) is 3.01. The van der Waals surface area contributed by atoms with Crippen molar-refractivity contribution in [2.24, 2.45) is 0 Å². The van der Waals surface area contributed by atoms with Crippen molar-refractivity contribution in [3.8, 4) is 6.07 Å². The number of hydrogen-bond donors (Lipinski definition) is 2. The maximum Gasteiger partial charge on any atom is 0.337 e. The number of carbonyl (C=O) groups excluding carboxylic acids is 2. The van der Waals surface area contributed by atoms with E-state index in [4.69, 9.17) is 5.26 Å². The summed E-state index contributed by atoms with van der Waals surface area (Å²) in [7, 11) is 1.26.